The third-order valence-corrected chi connectivity index (χ3v) is 4.25. The van der Waals surface area contributed by atoms with Gasteiger partial charge in [-0.1, -0.05) is 30.3 Å². The van der Waals surface area contributed by atoms with Crippen molar-refractivity contribution >= 4 is 17.2 Å². The highest BCUT2D eigenvalue weighted by Crippen LogP contribution is 2.28. The van der Waals surface area contributed by atoms with Crippen LogP contribution in [0.3, 0.4) is 0 Å². The lowest BCUT2D eigenvalue weighted by Gasteiger charge is -2.15. The van der Waals surface area contributed by atoms with E-state index in [-0.39, 0.29) is 5.91 Å². The summed E-state index contributed by atoms with van der Waals surface area (Å²) in [5.41, 5.74) is 1.85. The minimum absolute atomic E-state index is 0.0393. The van der Waals surface area contributed by atoms with Crippen LogP contribution in [0.5, 0.6) is 0 Å². The molecule has 0 atom stereocenters. The molecular weight excluding hydrogens is 270 g/mol. The van der Waals surface area contributed by atoms with Gasteiger partial charge < -0.3 is 10.2 Å². The van der Waals surface area contributed by atoms with Crippen molar-refractivity contribution in [3.8, 4) is 10.6 Å². The summed E-state index contributed by atoms with van der Waals surface area (Å²) in [5, 5.41) is 3.94. The van der Waals surface area contributed by atoms with Gasteiger partial charge >= 0.3 is 0 Å². The van der Waals surface area contributed by atoms with Crippen LogP contribution in [0.4, 0.5) is 0 Å². The summed E-state index contributed by atoms with van der Waals surface area (Å²) in [7, 11) is 3.70. The Labute approximate surface area is 123 Å². The van der Waals surface area contributed by atoms with Gasteiger partial charge in [0.25, 0.3) is 5.91 Å². The third kappa shape index (κ3) is 3.23. The average molecular weight is 289 g/mol. The second kappa shape index (κ2) is 6.63. The summed E-state index contributed by atoms with van der Waals surface area (Å²) >= 11 is 1.46. The summed E-state index contributed by atoms with van der Waals surface area (Å²) in [4.78, 5) is 19.4. The van der Waals surface area contributed by atoms with E-state index in [1.807, 2.05) is 51.4 Å². The molecule has 0 saturated heterocycles. The summed E-state index contributed by atoms with van der Waals surface area (Å²) in [6, 6.07) is 9.95. The van der Waals surface area contributed by atoms with Gasteiger partial charge in [-0.2, -0.15) is 0 Å². The number of nitrogens with one attached hydrogen (secondary N) is 1. The molecule has 1 heterocycles. The van der Waals surface area contributed by atoms with Crippen LogP contribution < -0.4 is 5.32 Å². The number of benzene rings is 1. The smallest absolute Gasteiger partial charge is 0.265 e. The Hall–Kier alpha value is -1.72. The van der Waals surface area contributed by atoms with E-state index in [0.29, 0.717) is 6.54 Å². The van der Waals surface area contributed by atoms with Gasteiger partial charge in [-0.3, -0.25) is 4.79 Å². The van der Waals surface area contributed by atoms with Crippen LogP contribution in [0.15, 0.2) is 30.3 Å². The van der Waals surface area contributed by atoms with Gasteiger partial charge in [0.2, 0.25) is 0 Å². The zero-order valence-corrected chi connectivity index (χ0v) is 12.8. The second-order valence-corrected chi connectivity index (χ2v) is 5.63. The maximum Gasteiger partial charge on any atom is 0.265 e. The van der Waals surface area contributed by atoms with E-state index in [0.717, 1.165) is 27.7 Å². The van der Waals surface area contributed by atoms with Gasteiger partial charge in [0, 0.05) is 25.7 Å². The largest absolute Gasteiger partial charge is 0.340 e. The SMILES string of the molecule is CNCCN(C)C(=O)c1sc(-c2ccccc2)nc1C. The van der Waals surface area contributed by atoms with Crippen molar-refractivity contribution in [1.82, 2.24) is 15.2 Å². The Morgan fingerprint density at radius 1 is 1.35 bits per heavy atom. The normalized spacial score (nSPS) is 10.6. The maximum absolute atomic E-state index is 12.4. The minimum Gasteiger partial charge on any atom is -0.340 e. The van der Waals surface area contributed by atoms with Gasteiger partial charge in [-0.15, -0.1) is 11.3 Å². The summed E-state index contributed by atoms with van der Waals surface area (Å²) in [6.07, 6.45) is 0. The first-order chi connectivity index (χ1) is 9.63. The number of aryl methyl sites for hydroxylation is 1. The molecule has 0 bridgehead atoms. The molecule has 106 valence electrons. The molecule has 0 aliphatic heterocycles. The Morgan fingerprint density at radius 3 is 2.70 bits per heavy atom. The Bertz CT molecular complexity index is 580. The van der Waals surface area contributed by atoms with Crippen molar-refractivity contribution in [2.24, 2.45) is 0 Å². The molecule has 2 aromatic rings. The van der Waals surface area contributed by atoms with Crippen LogP contribution in [0.25, 0.3) is 10.6 Å². The van der Waals surface area contributed by atoms with Gasteiger partial charge in [0.05, 0.1) is 5.69 Å². The van der Waals surface area contributed by atoms with Crippen LogP contribution in [0, 0.1) is 6.92 Å². The number of rotatable bonds is 5. The maximum atomic E-state index is 12.4. The molecule has 2 rings (SSSR count). The van der Waals surface area contributed by atoms with Crippen LogP contribution >= 0.6 is 11.3 Å². The Morgan fingerprint density at radius 2 is 2.05 bits per heavy atom. The zero-order valence-electron chi connectivity index (χ0n) is 12.0. The first-order valence-electron chi connectivity index (χ1n) is 6.56. The lowest BCUT2D eigenvalue weighted by molar-refractivity contribution is 0.0800. The first-order valence-corrected chi connectivity index (χ1v) is 7.38. The quantitative estimate of drug-likeness (QED) is 0.919. The lowest BCUT2D eigenvalue weighted by Crippen LogP contribution is -2.32. The standard InChI is InChI=1S/C15H19N3OS/c1-11-13(15(19)18(3)10-9-16-2)20-14(17-11)12-7-5-4-6-8-12/h4-8,16H,9-10H2,1-3H3. The monoisotopic (exact) mass is 289 g/mol. The van der Waals surface area contributed by atoms with Gasteiger partial charge in [-0.05, 0) is 14.0 Å². The summed E-state index contributed by atoms with van der Waals surface area (Å²) in [5.74, 6) is 0.0393. The molecule has 0 aliphatic rings. The van der Waals surface area contributed by atoms with Crippen LogP contribution in [-0.2, 0) is 0 Å². The number of likely N-dealkylation sites (N-methyl/N-ethyl adjacent to an activating group) is 2. The predicted molar refractivity (Wildman–Crippen MR) is 83.2 cm³/mol. The molecular formula is C15H19N3OS. The number of hydrogen-bond donors (Lipinski definition) is 1. The van der Waals surface area contributed by atoms with Crippen LogP contribution in [0.2, 0.25) is 0 Å². The Balaban J connectivity index is 2.21. The zero-order chi connectivity index (χ0) is 14.5. The topological polar surface area (TPSA) is 45.2 Å². The second-order valence-electron chi connectivity index (χ2n) is 4.63. The van der Waals surface area contributed by atoms with Crippen molar-refractivity contribution in [2.75, 3.05) is 27.2 Å². The van der Waals surface area contributed by atoms with Crippen LogP contribution in [0.1, 0.15) is 15.4 Å². The highest BCUT2D eigenvalue weighted by atomic mass is 32.1. The molecule has 0 radical (unpaired) electrons. The number of thiazole rings is 1. The summed E-state index contributed by atoms with van der Waals surface area (Å²) < 4.78 is 0. The van der Waals surface area contributed by atoms with E-state index in [1.165, 1.54) is 11.3 Å². The van der Waals surface area contributed by atoms with E-state index in [9.17, 15) is 4.79 Å². The van der Waals surface area contributed by atoms with Crippen molar-refractivity contribution in [3.63, 3.8) is 0 Å². The molecule has 4 nitrogen and oxygen atoms in total. The van der Waals surface area contributed by atoms with E-state index < -0.39 is 0 Å². The number of hydrogen-bond acceptors (Lipinski definition) is 4. The van der Waals surface area contributed by atoms with Gasteiger partial charge in [-0.25, -0.2) is 4.98 Å². The molecule has 20 heavy (non-hydrogen) atoms. The van der Waals surface area contributed by atoms with Crippen molar-refractivity contribution in [3.05, 3.63) is 40.9 Å². The number of aromatic nitrogens is 1. The molecule has 1 aromatic carbocycles. The molecule has 1 aromatic heterocycles. The predicted octanol–water partition coefficient (Wildman–Crippen LogP) is 2.41. The fourth-order valence-corrected chi connectivity index (χ4v) is 2.92. The van der Waals surface area contributed by atoms with E-state index in [1.54, 1.807) is 4.90 Å². The molecule has 1 amide bonds. The molecule has 0 aliphatic carbocycles. The number of nitrogens with zero attached hydrogens (tertiary/aromatic N) is 2. The summed E-state index contributed by atoms with van der Waals surface area (Å²) in [6.45, 7) is 3.36. The molecule has 0 fully saturated rings. The molecule has 0 saturated carbocycles. The fraction of sp³-hybridized carbons (Fsp3) is 0.333. The molecule has 1 N–H and O–H groups in total. The average Bonchev–Trinajstić information content (AvgIpc) is 2.87. The van der Waals surface area contributed by atoms with Crippen molar-refractivity contribution in [2.45, 2.75) is 6.92 Å². The molecule has 5 heteroatoms. The van der Waals surface area contributed by atoms with E-state index >= 15 is 0 Å². The fourth-order valence-electron chi connectivity index (χ4n) is 1.85. The Kier molecular flexibility index (Phi) is 4.87. The third-order valence-electron chi connectivity index (χ3n) is 3.06. The minimum atomic E-state index is 0.0393. The van der Waals surface area contributed by atoms with Crippen LogP contribution in [-0.4, -0.2) is 43.0 Å². The van der Waals surface area contributed by atoms with E-state index in [2.05, 4.69) is 10.3 Å². The number of amides is 1. The highest BCUT2D eigenvalue weighted by Gasteiger charge is 2.19. The van der Waals surface area contributed by atoms with Gasteiger partial charge in [0.1, 0.15) is 9.88 Å². The van der Waals surface area contributed by atoms with Gasteiger partial charge in [0.15, 0.2) is 0 Å². The van der Waals surface area contributed by atoms with Crippen molar-refractivity contribution < 1.29 is 4.79 Å². The molecule has 0 unspecified atom stereocenters. The van der Waals surface area contributed by atoms with Crippen molar-refractivity contribution in [1.29, 1.82) is 0 Å². The number of carbonyl (C=O) groups is 1. The first kappa shape index (κ1) is 14.7. The van der Waals surface area contributed by atoms with E-state index in [4.69, 9.17) is 0 Å². The number of carbonyl (C=O) groups excluding carboxylic acids is 1. The lowest BCUT2D eigenvalue weighted by atomic mass is 10.2. The highest BCUT2D eigenvalue weighted by molar-refractivity contribution is 7.17. The molecule has 0 spiro atoms.